The van der Waals surface area contributed by atoms with E-state index in [1.807, 2.05) is 0 Å². The molecule has 0 aliphatic rings. The molecule has 1 rings (SSSR count). The van der Waals surface area contributed by atoms with Gasteiger partial charge in [0.2, 0.25) is 6.20 Å². The minimum absolute atomic E-state index is 0.528. The molecule has 0 unspecified atom stereocenters. The Bertz CT molecular complexity index is 336. The molecule has 5 heteroatoms. The van der Waals surface area contributed by atoms with E-state index < -0.39 is 4.92 Å². The molecule has 1 heterocycles. The monoisotopic (exact) mass is 180 g/mol. The van der Waals surface area contributed by atoms with Crippen LogP contribution in [0.2, 0.25) is 0 Å². The van der Waals surface area contributed by atoms with Crippen molar-refractivity contribution >= 4 is 6.08 Å². The van der Waals surface area contributed by atoms with E-state index in [0.717, 1.165) is 6.20 Å². The van der Waals surface area contributed by atoms with Gasteiger partial charge in [0.25, 0.3) is 0 Å². The first-order valence-electron chi connectivity index (χ1n) is 3.53. The molecule has 1 aromatic rings. The highest BCUT2D eigenvalue weighted by Crippen LogP contribution is 2.11. The van der Waals surface area contributed by atoms with Crippen LogP contribution >= 0.6 is 0 Å². The molecular weight excluding hydrogens is 172 g/mol. The van der Waals surface area contributed by atoms with Crippen LogP contribution in [0.25, 0.3) is 6.08 Å². The van der Waals surface area contributed by atoms with Gasteiger partial charge in [-0.2, -0.15) is 0 Å². The molecule has 0 bridgehead atoms. The molecule has 1 aromatic heterocycles. The van der Waals surface area contributed by atoms with Crippen molar-refractivity contribution in [3.63, 3.8) is 0 Å². The van der Waals surface area contributed by atoms with Crippen LogP contribution in [0, 0.1) is 10.1 Å². The van der Waals surface area contributed by atoms with Crippen LogP contribution < -0.4 is 4.74 Å². The van der Waals surface area contributed by atoms with Gasteiger partial charge in [-0.25, -0.2) is 0 Å². The van der Waals surface area contributed by atoms with Gasteiger partial charge in [0.15, 0.2) is 0 Å². The lowest BCUT2D eigenvalue weighted by molar-refractivity contribution is -0.400. The zero-order valence-corrected chi connectivity index (χ0v) is 7.01. The number of nitrogens with zero attached hydrogens (tertiary/aromatic N) is 2. The van der Waals surface area contributed by atoms with Crippen molar-refractivity contribution < 1.29 is 9.66 Å². The Balaban J connectivity index is 2.83. The maximum Gasteiger partial charge on any atom is 0.235 e. The zero-order valence-electron chi connectivity index (χ0n) is 7.01. The number of hydrogen-bond donors (Lipinski definition) is 0. The van der Waals surface area contributed by atoms with E-state index in [4.69, 9.17) is 4.74 Å². The minimum atomic E-state index is -0.528. The third kappa shape index (κ3) is 2.90. The summed E-state index contributed by atoms with van der Waals surface area (Å²) in [5, 5.41) is 9.99. The van der Waals surface area contributed by atoms with Gasteiger partial charge in [-0.3, -0.25) is 15.1 Å². The molecule has 0 radical (unpaired) electrons. The Morgan fingerprint density at radius 2 is 2.38 bits per heavy atom. The summed E-state index contributed by atoms with van der Waals surface area (Å²) in [6.07, 6.45) is 5.26. The smallest absolute Gasteiger partial charge is 0.235 e. The Kier molecular flexibility index (Phi) is 2.97. The number of rotatable bonds is 3. The molecule has 0 saturated carbocycles. The lowest BCUT2D eigenvalue weighted by atomic mass is 10.3. The second-order valence-corrected chi connectivity index (χ2v) is 2.26. The molecule has 0 amide bonds. The van der Waals surface area contributed by atoms with Crippen LogP contribution in [0.3, 0.4) is 0 Å². The van der Waals surface area contributed by atoms with Crippen molar-refractivity contribution in [1.82, 2.24) is 4.98 Å². The number of aromatic nitrogens is 1. The van der Waals surface area contributed by atoms with E-state index in [2.05, 4.69) is 4.98 Å². The molecular formula is C8H8N2O3. The van der Waals surface area contributed by atoms with Gasteiger partial charge in [0.05, 0.1) is 18.2 Å². The Hall–Kier alpha value is -1.91. The molecule has 0 atom stereocenters. The van der Waals surface area contributed by atoms with Crippen molar-refractivity contribution in [2.24, 2.45) is 0 Å². The number of hydrogen-bond acceptors (Lipinski definition) is 4. The second kappa shape index (κ2) is 4.20. The fourth-order valence-corrected chi connectivity index (χ4v) is 0.785. The normalized spacial score (nSPS) is 10.2. The number of pyridine rings is 1. The topological polar surface area (TPSA) is 65.3 Å². The molecule has 68 valence electrons. The maximum absolute atomic E-state index is 9.99. The lowest BCUT2D eigenvalue weighted by Crippen LogP contribution is -1.86. The van der Waals surface area contributed by atoms with Gasteiger partial charge in [-0.15, -0.1) is 0 Å². The summed E-state index contributed by atoms with van der Waals surface area (Å²) in [5.41, 5.74) is 0.635. The van der Waals surface area contributed by atoms with E-state index in [1.54, 1.807) is 6.07 Å². The van der Waals surface area contributed by atoms with Gasteiger partial charge in [-0.1, -0.05) is 0 Å². The van der Waals surface area contributed by atoms with Crippen LogP contribution in [0.1, 0.15) is 5.56 Å². The Labute approximate surface area is 74.8 Å². The molecule has 0 spiro atoms. The molecule has 0 saturated heterocycles. The zero-order chi connectivity index (χ0) is 9.68. The highest BCUT2D eigenvalue weighted by atomic mass is 16.6. The van der Waals surface area contributed by atoms with Crippen molar-refractivity contribution in [2.75, 3.05) is 7.11 Å². The van der Waals surface area contributed by atoms with E-state index in [-0.39, 0.29) is 0 Å². The van der Waals surface area contributed by atoms with Crippen LogP contribution in [-0.2, 0) is 0 Å². The van der Waals surface area contributed by atoms with Gasteiger partial charge < -0.3 is 4.74 Å². The largest absolute Gasteiger partial charge is 0.495 e. The Morgan fingerprint density at radius 1 is 1.62 bits per heavy atom. The summed E-state index contributed by atoms with van der Waals surface area (Å²) in [4.78, 5) is 13.3. The summed E-state index contributed by atoms with van der Waals surface area (Å²) < 4.78 is 4.90. The van der Waals surface area contributed by atoms with Crippen LogP contribution in [0.15, 0.2) is 24.7 Å². The van der Waals surface area contributed by atoms with Crippen molar-refractivity contribution in [3.05, 3.63) is 40.3 Å². The molecule has 0 aliphatic carbocycles. The number of nitro groups is 1. The molecule has 0 N–H and O–H groups in total. The van der Waals surface area contributed by atoms with E-state index in [1.165, 1.54) is 25.6 Å². The second-order valence-electron chi connectivity index (χ2n) is 2.26. The summed E-state index contributed by atoms with van der Waals surface area (Å²) >= 11 is 0. The van der Waals surface area contributed by atoms with E-state index in [0.29, 0.717) is 11.3 Å². The third-order valence-electron chi connectivity index (χ3n) is 1.36. The van der Waals surface area contributed by atoms with E-state index in [9.17, 15) is 10.1 Å². The highest BCUT2D eigenvalue weighted by Gasteiger charge is 1.94. The molecule has 13 heavy (non-hydrogen) atoms. The molecule has 0 aromatic carbocycles. The standard InChI is InChI=1S/C8H8N2O3/c1-13-8-4-7(5-9-6-8)2-3-10(11)12/h2-6H,1H3. The predicted molar refractivity (Wildman–Crippen MR) is 46.8 cm³/mol. The van der Waals surface area contributed by atoms with Gasteiger partial charge in [0.1, 0.15) is 5.75 Å². The average Bonchev–Trinajstić information content (AvgIpc) is 2.15. The summed E-state index contributed by atoms with van der Waals surface area (Å²) in [6.45, 7) is 0. The third-order valence-corrected chi connectivity index (χ3v) is 1.36. The van der Waals surface area contributed by atoms with E-state index >= 15 is 0 Å². The molecule has 5 nitrogen and oxygen atoms in total. The average molecular weight is 180 g/mol. The summed E-state index contributed by atoms with van der Waals surface area (Å²) in [6, 6.07) is 1.66. The SMILES string of the molecule is COc1cncc(C=C[N+](=O)[O-])c1. The first kappa shape index (κ1) is 9.18. The fourth-order valence-electron chi connectivity index (χ4n) is 0.785. The van der Waals surface area contributed by atoms with Gasteiger partial charge in [0, 0.05) is 17.8 Å². The summed E-state index contributed by atoms with van der Waals surface area (Å²) in [5.74, 6) is 0.575. The number of ether oxygens (including phenoxy) is 1. The van der Waals surface area contributed by atoms with Gasteiger partial charge >= 0.3 is 0 Å². The van der Waals surface area contributed by atoms with Crippen LogP contribution in [0.4, 0.5) is 0 Å². The molecule has 0 aliphatic heterocycles. The van der Waals surface area contributed by atoms with Crippen molar-refractivity contribution in [1.29, 1.82) is 0 Å². The summed E-state index contributed by atoms with van der Waals surface area (Å²) in [7, 11) is 1.51. The minimum Gasteiger partial charge on any atom is -0.495 e. The maximum atomic E-state index is 9.99. The van der Waals surface area contributed by atoms with Gasteiger partial charge in [-0.05, 0) is 6.07 Å². The van der Waals surface area contributed by atoms with Crippen LogP contribution in [0.5, 0.6) is 5.75 Å². The predicted octanol–water partition coefficient (Wildman–Crippen LogP) is 1.34. The number of methoxy groups -OCH3 is 1. The lowest BCUT2D eigenvalue weighted by Gasteiger charge is -1.97. The van der Waals surface area contributed by atoms with Crippen LogP contribution in [-0.4, -0.2) is 17.0 Å². The van der Waals surface area contributed by atoms with Crippen molar-refractivity contribution in [2.45, 2.75) is 0 Å². The molecule has 0 fully saturated rings. The fraction of sp³-hybridized carbons (Fsp3) is 0.125. The first-order valence-corrected chi connectivity index (χ1v) is 3.53. The van der Waals surface area contributed by atoms with Crippen molar-refractivity contribution in [3.8, 4) is 5.75 Å². The quantitative estimate of drug-likeness (QED) is 0.520. The highest BCUT2D eigenvalue weighted by molar-refractivity contribution is 5.48. The Morgan fingerprint density at radius 3 is 3.00 bits per heavy atom. The first-order chi connectivity index (χ1) is 6.22.